The average Bonchev–Trinajstić information content (AvgIpc) is 3.00. The van der Waals surface area contributed by atoms with E-state index in [1.807, 2.05) is 0 Å². The molecule has 0 spiro atoms. The summed E-state index contributed by atoms with van der Waals surface area (Å²) >= 11 is 0.949. The number of thioether (sulfide) groups is 1. The smallest absolute Gasteiger partial charge is 0.418 e. The van der Waals surface area contributed by atoms with Gasteiger partial charge in [-0.05, 0) is 29.8 Å². The molecule has 2 aromatic rings. The van der Waals surface area contributed by atoms with Crippen LogP contribution in [0.3, 0.4) is 0 Å². The second-order valence-corrected chi connectivity index (χ2v) is 7.33. The van der Waals surface area contributed by atoms with E-state index in [0.717, 1.165) is 23.9 Å². The topological polar surface area (TPSA) is 103 Å². The lowest BCUT2D eigenvalue weighted by atomic mass is 10.1. The average molecular weight is 436 g/mol. The maximum absolute atomic E-state index is 13.0. The van der Waals surface area contributed by atoms with Crippen LogP contribution in [0.15, 0.2) is 58.7 Å². The molecule has 0 radical (unpaired) electrons. The zero-order valence-electron chi connectivity index (χ0n) is 15.2. The van der Waals surface area contributed by atoms with Crippen LogP contribution in [-0.2, 0) is 15.8 Å². The molecule has 1 aliphatic heterocycles. The first-order valence-corrected chi connectivity index (χ1v) is 9.44. The van der Waals surface area contributed by atoms with Gasteiger partial charge >= 0.3 is 6.18 Å². The highest BCUT2D eigenvalue weighted by atomic mass is 32.2. The Bertz CT molecular complexity index is 1020. The maximum atomic E-state index is 13.0. The third-order valence-corrected chi connectivity index (χ3v) is 4.95. The molecule has 1 heterocycles. The number of para-hydroxylation sites is 1. The summed E-state index contributed by atoms with van der Waals surface area (Å²) in [6.07, 6.45) is -3.58. The van der Waals surface area contributed by atoms with Gasteiger partial charge in [-0.2, -0.15) is 18.3 Å². The van der Waals surface area contributed by atoms with Crippen molar-refractivity contribution in [2.45, 2.75) is 17.8 Å². The minimum absolute atomic E-state index is 0.0633. The Kier molecular flexibility index (Phi) is 6.40. The number of alkyl halides is 3. The summed E-state index contributed by atoms with van der Waals surface area (Å²) in [6, 6.07) is 10.9. The highest BCUT2D eigenvalue weighted by Crippen LogP contribution is 2.34. The van der Waals surface area contributed by atoms with E-state index in [1.54, 1.807) is 12.1 Å². The van der Waals surface area contributed by atoms with Crippen LogP contribution in [0.2, 0.25) is 0 Å². The van der Waals surface area contributed by atoms with Crippen molar-refractivity contribution in [3.63, 3.8) is 0 Å². The standard InChI is InChI=1S/C19H15F3N4O3S/c20-19(21,22)13-6-1-2-7-14(13)24-16(28)9-15-17(29)25-18(30-15)26-23-10-11-4-3-5-12(27)8-11/h1-8,10,15,27H,9H2,(H,24,28)(H,25,26,29)/b23-10-/t15-/m0/s1. The number of phenols is 1. The number of aromatic hydroxyl groups is 1. The van der Waals surface area contributed by atoms with Crippen molar-refractivity contribution in [1.82, 2.24) is 5.32 Å². The number of hydrogen-bond acceptors (Lipinski definition) is 6. The Morgan fingerprint density at radius 1 is 1.23 bits per heavy atom. The van der Waals surface area contributed by atoms with Crippen LogP contribution in [0.5, 0.6) is 5.75 Å². The van der Waals surface area contributed by atoms with Crippen LogP contribution in [0.25, 0.3) is 0 Å². The minimum atomic E-state index is -4.61. The van der Waals surface area contributed by atoms with Crippen LogP contribution >= 0.6 is 11.8 Å². The molecule has 1 fully saturated rings. The summed E-state index contributed by atoms with van der Waals surface area (Å²) < 4.78 is 39.1. The van der Waals surface area contributed by atoms with E-state index in [-0.39, 0.29) is 23.0 Å². The summed E-state index contributed by atoms with van der Waals surface area (Å²) in [5, 5.41) is 21.0. The molecule has 0 unspecified atom stereocenters. The van der Waals surface area contributed by atoms with Crippen LogP contribution in [0.4, 0.5) is 18.9 Å². The number of phenolic OH excluding ortho intramolecular Hbond substituents is 1. The number of nitrogens with one attached hydrogen (secondary N) is 2. The van der Waals surface area contributed by atoms with Crippen molar-refractivity contribution < 1.29 is 27.9 Å². The van der Waals surface area contributed by atoms with Crippen molar-refractivity contribution in [2.75, 3.05) is 5.32 Å². The van der Waals surface area contributed by atoms with Crippen LogP contribution < -0.4 is 10.6 Å². The second-order valence-electron chi connectivity index (χ2n) is 6.14. The van der Waals surface area contributed by atoms with Crippen LogP contribution in [-0.4, -0.2) is 33.6 Å². The number of halogens is 3. The lowest BCUT2D eigenvalue weighted by Gasteiger charge is -2.14. The number of anilines is 1. The van der Waals surface area contributed by atoms with E-state index in [4.69, 9.17) is 0 Å². The van der Waals surface area contributed by atoms with Gasteiger partial charge in [0.25, 0.3) is 0 Å². The van der Waals surface area contributed by atoms with Crippen molar-refractivity contribution in [2.24, 2.45) is 10.2 Å². The Balaban J connectivity index is 1.60. The number of carbonyl (C=O) groups is 2. The molecule has 1 aliphatic rings. The molecule has 30 heavy (non-hydrogen) atoms. The molecule has 11 heteroatoms. The summed E-state index contributed by atoms with van der Waals surface area (Å²) in [5.41, 5.74) is -0.749. The molecule has 0 aliphatic carbocycles. The predicted octanol–water partition coefficient (Wildman–Crippen LogP) is 3.36. The maximum Gasteiger partial charge on any atom is 0.418 e. The molecular formula is C19H15F3N4O3S. The molecule has 0 bridgehead atoms. The Morgan fingerprint density at radius 2 is 2.00 bits per heavy atom. The van der Waals surface area contributed by atoms with Gasteiger partial charge < -0.3 is 15.7 Å². The molecule has 156 valence electrons. The van der Waals surface area contributed by atoms with Gasteiger partial charge in [0, 0.05) is 6.42 Å². The second kappa shape index (κ2) is 8.99. The van der Waals surface area contributed by atoms with Gasteiger partial charge in [0.15, 0.2) is 5.17 Å². The molecule has 7 nitrogen and oxygen atoms in total. The first-order valence-electron chi connectivity index (χ1n) is 8.56. The summed E-state index contributed by atoms with van der Waals surface area (Å²) in [6.45, 7) is 0. The van der Waals surface area contributed by atoms with Gasteiger partial charge in [-0.15, -0.1) is 5.10 Å². The number of carbonyl (C=O) groups excluding carboxylic acids is 2. The monoisotopic (exact) mass is 436 g/mol. The minimum Gasteiger partial charge on any atom is -0.508 e. The largest absolute Gasteiger partial charge is 0.508 e. The van der Waals surface area contributed by atoms with Crippen molar-refractivity contribution >= 4 is 40.6 Å². The molecule has 1 atom stereocenters. The fourth-order valence-corrected chi connectivity index (χ4v) is 3.47. The van der Waals surface area contributed by atoms with E-state index in [0.29, 0.717) is 5.56 Å². The van der Waals surface area contributed by atoms with E-state index < -0.39 is 28.8 Å². The Labute approximate surface area is 173 Å². The lowest BCUT2D eigenvalue weighted by Crippen LogP contribution is -2.28. The molecule has 2 aromatic carbocycles. The molecule has 3 rings (SSSR count). The van der Waals surface area contributed by atoms with E-state index >= 15 is 0 Å². The number of hydrogen-bond donors (Lipinski definition) is 3. The summed E-state index contributed by atoms with van der Waals surface area (Å²) in [7, 11) is 0. The molecule has 1 saturated heterocycles. The molecule has 0 saturated carbocycles. The van der Waals surface area contributed by atoms with E-state index in [2.05, 4.69) is 20.8 Å². The van der Waals surface area contributed by atoms with Gasteiger partial charge in [0.2, 0.25) is 11.8 Å². The van der Waals surface area contributed by atoms with Gasteiger partial charge in [-0.25, -0.2) is 0 Å². The number of amidine groups is 1. The molecular weight excluding hydrogens is 421 g/mol. The van der Waals surface area contributed by atoms with E-state index in [9.17, 15) is 27.9 Å². The highest BCUT2D eigenvalue weighted by Gasteiger charge is 2.35. The van der Waals surface area contributed by atoms with Gasteiger partial charge in [-0.1, -0.05) is 36.0 Å². The fraction of sp³-hybridized carbons (Fsp3) is 0.158. The Hall–Kier alpha value is -3.34. The number of benzene rings is 2. The molecule has 0 aromatic heterocycles. The number of rotatable bonds is 5. The third-order valence-electron chi connectivity index (χ3n) is 3.88. The normalized spacial score (nSPS) is 18.0. The SMILES string of the molecule is O=C(C[C@@H]1S/C(=N/N=C\c2cccc(O)c2)NC1=O)Nc1ccccc1C(F)(F)F. The zero-order valence-corrected chi connectivity index (χ0v) is 16.0. The van der Waals surface area contributed by atoms with Crippen molar-refractivity contribution in [1.29, 1.82) is 0 Å². The van der Waals surface area contributed by atoms with Crippen LogP contribution in [0, 0.1) is 0 Å². The first-order chi connectivity index (χ1) is 14.2. The quantitative estimate of drug-likeness (QED) is 0.494. The van der Waals surface area contributed by atoms with E-state index in [1.165, 1.54) is 30.5 Å². The Morgan fingerprint density at radius 3 is 2.73 bits per heavy atom. The van der Waals surface area contributed by atoms with Gasteiger partial charge in [-0.3, -0.25) is 9.59 Å². The number of nitrogens with zero attached hydrogens (tertiary/aromatic N) is 2. The van der Waals surface area contributed by atoms with Gasteiger partial charge in [0.1, 0.15) is 11.0 Å². The first kappa shape index (κ1) is 21.4. The van der Waals surface area contributed by atoms with Crippen LogP contribution in [0.1, 0.15) is 17.5 Å². The lowest BCUT2D eigenvalue weighted by molar-refractivity contribution is -0.137. The predicted molar refractivity (Wildman–Crippen MR) is 107 cm³/mol. The van der Waals surface area contributed by atoms with Crippen molar-refractivity contribution in [3.05, 3.63) is 59.7 Å². The fourth-order valence-electron chi connectivity index (χ4n) is 2.55. The summed E-state index contributed by atoms with van der Waals surface area (Å²) in [4.78, 5) is 24.2. The van der Waals surface area contributed by atoms with Gasteiger partial charge in [0.05, 0.1) is 17.5 Å². The number of amides is 2. The molecule has 3 N–H and O–H groups in total. The summed E-state index contributed by atoms with van der Waals surface area (Å²) in [5.74, 6) is -1.16. The molecule has 2 amide bonds. The highest BCUT2D eigenvalue weighted by molar-refractivity contribution is 8.15. The van der Waals surface area contributed by atoms with Crippen molar-refractivity contribution in [3.8, 4) is 5.75 Å². The zero-order chi connectivity index (χ0) is 21.7. The third kappa shape index (κ3) is 5.60.